The summed E-state index contributed by atoms with van der Waals surface area (Å²) < 4.78 is 26.8. The third-order valence-corrected chi connectivity index (χ3v) is 5.50. The lowest BCUT2D eigenvalue weighted by Crippen LogP contribution is -2.44. The van der Waals surface area contributed by atoms with Gasteiger partial charge in [-0.25, -0.2) is 17.5 Å². The van der Waals surface area contributed by atoms with Gasteiger partial charge in [-0.2, -0.15) is 0 Å². The van der Waals surface area contributed by atoms with E-state index in [4.69, 9.17) is 0 Å². The molecule has 0 atom stereocenters. The van der Waals surface area contributed by atoms with Gasteiger partial charge < -0.3 is 5.32 Å². The van der Waals surface area contributed by atoms with Gasteiger partial charge in [0, 0.05) is 10.7 Å². The highest BCUT2D eigenvalue weighted by atomic mass is 79.9. The number of fused-ring (bicyclic) bond motifs is 1. The molecule has 0 fully saturated rings. The molecule has 8 heteroatoms. The zero-order valence-corrected chi connectivity index (χ0v) is 13.8. The Labute approximate surface area is 136 Å². The van der Waals surface area contributed by atoms with Crippen LogP contribution in [-0.4, -0.2) is 38.1 Å². The number of rotatable bonds is 2. The van der Waals surface area contributed by atoms with Gasteiger partial charge in [-0.15, -0.1) is 0 Å². The number of hydrogen-bond donors (Lipinski definition) is 1. The molecule has 0 unspecified atom stereocenters. The molecule has 0 spiro atoms. The van der Waals surface area contributed by atoms with Crippen LogP contribution in [0.1, 0.15) is 0 Å². The summed E-state index contributed by atoms with van der Waals surface area (Å²) in [5, 5.41) is 2.60. The highest BCUT2D eigenvalue weighted by Gasteiger charge is 2.36. The van der Waals surface area contributed by atoms with Crippen molar-refractivity contribution >= 4 is 43.9 Å². The van der Waals surface area contributed by atoms with Crippen LogP contribution in [0.5, 0.6) is 0 Å². The second-order valence-electron chi connectivity index (χ2n) is 4.74. The van der Waals surface area contributed by atoms with Crippen molar-refractivity contribution in [3.63, 3.8) is 0 Å². The van der Waals surface area contributed by atoms with Crippen LogP contribution in [-0.2, 0) is 10.0 Å². The first-order valence-electron chi connectivity index (χ1n) is 6.47. The Balaban J connectivity index is 2.00. The molecule has 0 aromatic heterocycles. The van der Waals surface area contributed by atoms with E-state index in [1.54, 1.807) is 30.5 Å². The van der Waals surface area contributed by atoms with Gasteiger partial charge >= 0.3 is 6.03 Å². The molecule has 0 saturated heterocycles. The van der Waals surface area contributed by atoms with E-state index in [-0.39, 0.29) is 17.1 Å². The SMILES string of the molecule is O=C1Nc2ccc(Br)cc2S(=O)(=O)N1CC1=CC=NCC=C1. The molecule has 2 heterocycles. The number of benzene rings is 1. The summed E-state index contributed by atoms with van der Waals surface area (Å²) in [6.45, 7) is 0.497. The van der Waals surface area contributed by atoms with Crippen LogP contribution in [0.25, 0.3) is 0 Å². The van der Waals surface area contributed by atoms with Crippen molar-refractivity contribution < 1.29 is 13.2 Å². The second-order valence-corrected chi connectivity index (χ2v) is 7.49. The second kappa shape index (κ2) is 5.69. The minimum absolute atomic E-state index is 0.0390. The maximum Gasteiger partial charge on any atom is 0.336 e. The van der Waals surface area contributed by atoms with E-state index in [0.717, 1.165) is 4.31 Å². The van der Waals surface area contributed by atoms with Crippen LogP contribution in [0.4, 0.5) is 10.5 Å². The van der Waals surface area contributed by atoms with Gasteiger partial charge in [-0.1, -0.05) is 28.1 Å². The summed E-state index contributed by atoms with van der Waals surface area (Å²) >= 11 is 3.25. The summed E-state index contributed by atoms with van der Waals surface area (Å²) in [5.41, 5.74) is 0.981. The molecule has 1 aromatic carbocycles. The Morgan fingerprint density at radius 3 is 3.00 bits per heavy atom. The number of carbonyl (C=O) groups excluding carboxylic acids is 1. The Kier molecular flexibility index (Phi) is 3.88. The Morgan fingerprint density at radius 1 is 1.36 bits per heavy atom. The van der Waals surface area contributed by atoms with Crippen LogP contribution in [0.3, 0.4) is 0 Å². The molecular weight excluding hydrogens is 370 g/mol. The van der Waals surface area contributed by atoms with Crippen molar-refractivity contribution in [3.8, 4) is 0 Å². The smallest absolute Gasteiger partial charge is 0.306 e. The molecule has 0 saturated carbocycles. The molecule has 0 aliphatic carbocycles. The van der Waals surface area contributed by atoms with E-state index in [2.05, 4.69) is 26.2 Å². The van der Waals surface area contributed by atoms with E-state index in [1.165, 1.54) is 6.07 Å². The van der Waals surface area contributed by atoms with Gasteiger partial charge in [0.2, 0.25) is 0 Å². The Morgan fingerprint density at radius 2 is 2.18 bits per heavy atom. The Bertz CT molecular complexity index is 828. The minimum Gasteiger partial charge on any atom is -0.306 e. The van der Waals surface area contributed by atoms with Gasteiger partial charge in [-0.3, -0.25) is 4.99 Å². The lowest BCUT2D eigenvalue weighted by Gasteiger charge is -2.29. The minimum atomic E-state index is -3.89. The van der Waals surface area contributed by atoms with Crippen molar-refractivity contribution in [2.75, 3.05) is 18.4 Å². The van der Waals surface area contributed by atoms with E-state index in [0.29, 0.717) is 16.6 Å². The van der Waals surface area contributed by atoms with Crippen molar-refractivity contribution in [2.24, 2.45) is 4.99 Å². The highest BCUT2D eigenvalue weighted by Crippen LogP contribution is 2.32. The molecule has 1 aromatic rings. The first-order valence-corrected chi connectivity index (χ1v) is 8.70. The molecular formula is C14H12BrN3O3S. The zero-order chi connectivity index (χ0) is 15.7. The molecule has 1 N–H and O–H groups in total. The fourth-order valence-corrected chi connectivity index (χ4v) is 4.18. The fourth-order valence-electron chi connectivity index (χ4n) is 2.18. The number of carbonyl (C=O) groups is 1. The predicted molar refractivity (Wildman–Crippen MR) is 87.6 cm³/mol. The van der Waals surface area contributed by atoms with Crippen LogP contribution >= 0.6 is 15.9 Å². The number of nitrogens with one attached hydrogen (secondary N) is 1. The fraction of sp³-hybridized carbons (Fsp3) is 0.143. The van der Waals surface area contributed by atoms with Crippen molar-refractivity contribution in [1.29, 1.82) is 0 Å². The van der Waals surface area contributed by atoms with Crippen LogP contribution < -0.4 is 5.32 Å². The highest BCUT2D eigenvalue weighted by molar-refractivity contribution is 9.10. The Hall–Kier alpha value is -1.93. The van der Waals surface area contributed by atoms with Crippen LogP contribution in [0.15, 0.2) is 56.4 Å². The molecule has 6 nitrogen and oxygen atoms in total. The van der Waals surface area contributed by atoms with Gasteiger partial charge in [0.25, 0.3) is 10.0 Å². The predicted octanol–water partition coefficient (Wildman–Crippen LogP) is 2.55. The molecule has 22 heavy (non-hydrogen) atoms. The number of hydrogen-bond acceptors (Lipinski definition) is 4. The number of sulfonamides is 1. The monoisotopic (exact) mass is 381 g/mol. The topological polar surface area (TPSA) is 78.8 Å². The van der Waals surface area contributed by atoms with Gasteiger partial charge in [0.05, 0.1) is 18.8 Å². The number of amides is 2. The summed E-state index contributed by atoms with van der Waals surface area (Å²) in [5.74, 6) is 0. The third-order valence-electron chi connectivity index (χ3n) is 3.24. The summed E-state index contributed by atoms with van der Waals surface area (Å²) in [7, 11) is -3.89. The summed E-state index contributed by atoms with van der Waals surface area (Å²) in [4.78, 5) is 16.3. The maximum atomic E-state index is 12.7. The molecule has 2 aliphatic heterocycles. The standard InChI is InChI=1S/C14H12BrN3O3S/c15-11-3-4-12-13(8-11)22(20,21)18(14(19)17-12)9-10-2-1-6-16-7-5-10/h1-5,7-8H,6,9H2,(H,17,19). The number of anilines is 1. The maximum absolute atomic E-state index is 12.7. The molecule has 3 rings (SSSR count). The largest absolute Gasteiger partial charge is 0.336 e. The van der Waals surface area contributed by atoms with Crippen molar-refractivity contribution in [3.05, 3.63) is 46.5 Å². The number of nitrogens with zero attached hydrogens (tertiary/aromatic N) is 2. The summed E-state index contributed by atoms with van der Waals surface area (Å²) in [6, 6.07) is 4.06. The first kappa shape index (κ1) is 15.0. The van der Waals surface area contributed by atoms with Gasteiger partial charge in [0.1, 0.15) is 4.90 Å². The molecule has 2 aliphatic rings. The van der Waals surface area contributed by atoms with Gasteiger partial charge in [0.15, 0.2) is 0 Å². The lowest BCUT2D eigenvalue weighted by atomic mass is 10.2. The molecule has 0 bridgehead atoms. The van der Waals surface area contributed by atoms with Crippen molar-refractivity contribution in [1.82, 2.24) is 4.31 Å². The first-order chi connectivity index (χ1) is 10.5. The molecule has 2 amide bonds. The number of halogens is 1. The lowest BCUT2D eigenvalue weighted by molar-refractivity contribution is 0.237. The number of aliphatic imine (C=N–C) groups is 1. The van der Waals surface area contributed by atoms with Crippen LogP contribution in [0, 0.1) is 0 Å². The van der Waals surface area contributed by atoms with E-state index >= 15 is 0 Å². The van der Waals surface area contributed by atoms with Crippen LogP contribution in [0.2, 0.25) is 0 Å². The number of allylic oxidation sites excluding steroid dienone is 1. The molecule has 114 valence electrons. The van der Waals surface area contributed by atoms with E-state index in [1.807, 2.05) is 6.08 Å². The normalized spacial score (nSPS) is 19.2. The van der Waals surface area contributed by atoms with E-state index < -0.39 is 16.1 Å². The summed E-state index contributed by atoms with van der Waals surface area (Å²) in [6.07, 6.45) is 6.89. The molecule has 0 radical (unpaired) electrons. The van der Waals surface area contributed by atoms with Gasteiger partial charge in [-0.05, 0) is 29.8 Å². The average Bonchev–Trinajstić information content (AvgIpc) is 2.73. The zero-order valence-electron chi connectivity index (χ0n) is 11.4. The number of urea groups is 1. The average molecular weight is 382 g/mol. The quantitative estimate of drug-likeness (QED) is 0.854. The van der Waals surface area contributed by atoms with Crippen molar-refractivity contribution in [2.45, 2.75) is 4.90 Å². The third kappa shape index (κ3) is 2.71. The van der Waals surface area contributed by atoms with E-state index in [9.17, 15) is 13.2 Å².